The van der Waals surface area contributed by atoms with E-state index in [1.807, 2.05) is 0 Å². The second-order valence-corrected chi connectivity index (χ2v) is 32.2. The van der Waals surface area contributed by atoms with Gasteiger partial charge in [-0.05, 0) is 0 Å². The van der Waals surface area contributed by atoms with Crippen LogP contribution in [-0.4, -0.2) is 15.5 Å². The Hall–Kier alpha value is -2.22. The molecule has 49 heavy (non-hydrogen) atoms. The van der Waals surface area contributed by atoms with E-state index in [4.69, 9.17) is 23.2 Å². The Morgan fingerprint density at radius 2 is 1.04 bits per heavy atom. The number of hydrogen-bond acceptors (Lipinski definition) is 0. The molecule has 0 fully saturated rings. The average molecular weight is 783 g/mol. The van der Waals surface area contributed by atoms with Crippen LogP contribution in [0.4, 0.5) is 0 Å². The molecule has 0 amide bonds. The van der Waals surface area contributed by atoms with Gasteiger partial charge in [0, 0.05) is 0 Å². The molecule has 0 spiro atoms. The molecule has 0 N–H and O–H groups in total. The standard InChI is InChI=1S/C21H25.C10H17Si.2C7H5Cl.Zr/c1-20(2,3)16-7-9-18-14(12-16)11-15-13-17(21(4,5)6)8-10-19(15)18;1-8-6-9(2)10(7-8)11(3,4)5;2*1-6-2-4-7(8)5-3-6;/h7-13H,1-6H3;7-8H,1-5H3;2*1-5H;. The van der Waals surface area contributed by atoms with Crippen LogP contribution in [0.2, 0.25) is 29.7 Å². The Morgan fingerprint density at radius 3 is 1.39 bits per heavy atom. The van der Waals surface area contributed by atoms with Crippen molar-refractivity contribution in [3.05, 3.63) is 148 Å². The molecule has 0 radical (unpaired) electrons. The van der Waals surface area contributed by atoms with Gasteiger partial charge in [0.05, 0.1) is 0 Å². The second kappa shape index (κ2) is 13.1. The molecule has 4 heteroatoms. The molecule has 0 aliphatic heterocycles. The fraction of sp³-hybridized carbons (Fsp3) is 0.333. The van der Waals surface area contributed by atoms with Crippen LogP contribution >= 0.6 is 23.2 Å². The number of allylic oxidation sites excluding steroid dienone is 4. The van der Waals surface area contributed by atoms with Crippen molar-refractivity contribution in [1.82, 2.24) is 0 Å². The summed E-state index contributed by atoms with van der Waals surface area (Å²) in [6, 6.07) is 31.9. The average Bonchev–Trinajstić information content (AvgIpc) is 3.51. The molecule has 1 atom stereocenters. The number of fused-ring (bicyclic) bond motifs is 3. The molecule has 4 aromatic carbocycles. The number of halogens is 2. The zero-order valence-corrected chi connectivity index (χ0v) is 36.2. The van der Waals surface area contributed by atoms with Crippen molar-refractivity contribution in [3.8, 4) is 11.1 Å². The Balaban J connectivity index is 1.86. The molecule has 0 saturated heterocycles. The summed E-state index contributed by atoms with van der Waals surface area (Å²) >= 11 is 9.01. The van der Waals surface area contributed by atoms with Crippen LogP contribution in [-0.2, 0) is 30.1 Å². The van der Waals surface area contributed by atoms with E-state index in [0.717, 1.165) is 10.0 Å². The zero-order valence-electron chi connectivity index (χ0n) is 31.2. The van der Waals surface area contributed by atoms with Gasteiger partial charge in [-0.1, -0.05) is 0 Å². The van der Waals surface area contributed by atoms with Gasteiger partial charge in [-0.25, -0.2) is 0 Å². The van der Waals surface area contributed by atoms with Crippen LogP contribution in [0.3, 0.4) is 0 Å². The summed E-state index contributed by atoms with van der Waals surface area (Å²) in [5, 5.41) is 3.16. The van der Waals surface area contributed by atoms with Gasteiger partial charge < -0.3 is 0 Å². The quantitative estimate of drug-likeness (QED) is 0.177. The maximum absolute atomic E-state index is 6.52. The van der Waals surface area contributed by atoms with E-state index < -0.39 is 27.4 Å². The molecule has 2 aliphatic rings. The van der Waals surface area contributed by atoms with Crippen LogP contribution in [0.1, 0.15) is 92.4 Å². The van der Waals surface area contributed by atoms with Crippen molar-refractivity contribution in [2.75, 3.05) is 0 Å². The fourth-order valence-corrected chi connectivity index (χ4v) is 24.9. The van der Waals surface area contributed by atoms with Crippen LogP contribution in [0.15, 0.2) is 105 Å². The van der Waals surface area contributed by atoms with Crippen molar-refractivity contribution in [2.24, 2.45) is 5.92 Å². The molecular weight excluding hydrogens is 731 g/mol. The summed E-state index contributed by atoms with van der Waals surface area (Å²) in [7, 11) is -1.63. The van der Waals surface area contributed by atoms with Gasteiger partial charge in [0.2, 0.25) is 0 Å². The molecule has 0 bridgehead atoms. The molecule has 6 rings (SSSR count). The molecule has 0 heterocycles. The van der Waals surface area contributed by atoms with Crippen molar-refractivity contribution < 1.29 is 19.3 Å². The summed E-state index contributed by atoms with van der Waals surface area (Å²) in [5.41, 5.74) is 12.7. The van der Waals surface area contributed by atoms with E-state index in [2.05, 4.69) is 173 Å². The minimum absolute atomic E-state index is 0.0330. The molecule has 0 nitrogen and oxygen atoms in total. The molecule has 4 aromatic rings. The monoisotopic (exact) mass is 780 g/mol. The fourth-order valence-electron chi connectivity index (χ4n) is 8.37. The van der Waals surface area contributed by atoms with Crippen LogP contribution in [0.25, 0.3) is 11.1 Å². The molecule has 1 unspecified atom stereocenters. The summed E-state index contributed by atoms with van der Waals surface area (Å²) < 4.78 is 7.49. The van der Waals surface area contributed by atoms with Gasteiger partial charge >= 0.3 is 313 Å². The second-order valence-electron chi connectivity index (χ2n) is 17.5. The van der Waals surface area contributed by atoms with Crippen molar-refractivity contribution in [3.63, 3.8) is 0 Å². The van der Waals surface area contributed by atoms with E-state index in [1.54, 1.807) is 14.1 Å². The van der Waals surface area contributed by atoms with Gasteiger partial charge in [-0.2, -0.15) is 0 Å². The van der Waals surface area contributed by atoms with Gasteiger partial charge in [0.15, 0.2) is 0 Å². The third-order valence-corrected chi connectivity index (χ3v) is 25.6. The van der Waals surface area contributed by atoms with Gasteiger partial charge in [0.1, 0.15) is 0 Å². The van der Waals surface area contributed by atoms with Crippen molar-refractivity contribution >= 4 is 38.7 Å². The van der Waals surface area contributed by atoms with Crippen molar-refractivity contribution in [2.45, 2.75) is 89.5 Å². The SMILES string of the molecule is CC1=[C]([Zr](=[CH]c2ccc(Cl)cc2)(=[CH]c2ccc(Cl)cc2)[CH]2c3cc(C(C)(C)C)ccc3-c3ccc(C(C)(C)C)cc32)C(C)C=C1[Si](C)(C)C. The molecule has 0 saturated carbocycles. The summed E-state index contributed by atoms with van der Waals surface area (Å²) in [6.45, 7) is 26.5. The topological polar surface area (TPSA) is 0 Å². The van der Waals surface area contributed by atoms with E-state index in [1.165, 1.54) is 44.5 Å². The Labute approximate surface area is 310 Å². The Kier molecular flexibility index (Phi) is 9.76. The third kappa shape index (κ3) is 7.02. The summed E-state index contributed by atoms with van der Waals surface area (Å²) in [6.07, 6.45) is 2.64. The first-order chi connectivity index (χ1) is 22.8. The van der Waals surface area contributed by atoms with E-state index in [0.29, 0.717) is 5.92 Å². The first kappa shape index (κ1) is 36.6. The number of hydrogen-bond donors (Lipinski definition) is 0. The van der Waals surface area contributed by atoms with E-state index in [9.17, 15) is 0 Å². The number of benzene rings is 4. The molecule has 254 valence electrons. The molecule has 0 aromatic heterocycles. The number of rotatable bonds is 5. The minimum atomic E-state index is -4.04. The van der Waals surface area contributed by atoms with Crippen LogP contribution in [0, 0.1) is 5.92 Å². The van der Waals surface area contributed by atoms with Gasteiger partial charge in [0.25, 0.3) is 0 Å². The predicted octanol–water partition coefficient (Wildman–Crippen LogP) is 13.2. The predicted molar refractivity (Wildman–Crippen MR) is 218 cm³/mol. The van der Waals surface area contributed by atoms with E-state index >= 15 is 0 Å². The first-order valence-corrected chi connectivity index (χ1v) is 27.5. The van der Waals surface area contributed by atoms with E-state index in [-0.39, 0.29) is 14.5 Å². The normalized spacial score (nSPS) is 16.5. The van der Waals surface area contributed by atoms with Crippen LogP contribution in [0.5, 0.6) is 0 Å². The molecule has 2 aliphatic carbocycles. The van der Waals surface area contributed by atoms with Crippen LogP contribution < -0.4 is 0 Å². The van der Waals surface area contributed by atoms with Crippen molar-refractivity contribution in [1.29, 1.82) is 0 Å². The third-order valence-electron chi connectivity index (χ3n) is 10.7. The zero-order chi connectivity index (χ0) is 35.7. The first-order valence-electron chi connectivity index (χ1n) is 17.8. The maximum atomic E-state index is 6.52. The van der Waals surface area contributed by atoms with Gasteiger partial charge in [-0.3, -0.25) is 0 Å². The molecular formula is C45H52Cl2SiZr. The van der Waals surface area contributed by atoms with Gasteiger partial charge in [-0.15, -0.1) is 0 Å². The Morgan fingerprint density at radius 1 is 0.633 bits per heavy atom. The summed E-state index contributed by atoms with van der Waals surface area (Å²) in [4.78, 5) is 0. The summed E-state index contributed by atoms with van der Waals surface area (Å²) in [5.74, 6) is 0.355. The Bertz CT molecular complexity index is 2000.